The predicted octanol–water partition coefficient (Wildman–Crippen LogP) is 3.30. The van der Waals surface area contributed by atoms with Crippen LogP contribution in [0.3, 0.4) is 0 Å². The summed E-state index contributed by atoms with van der Waals surface area (Å²) in [4.78, 5) is 18.3. The third-order valence-electron chi connectivity index (χ3n) is 4.51. The van der Waals surface area contributed by atoms with E-state index in [4.69, 9.17) is 11.6 Å². The molecule has 24 heavy (non-hydrogen) atoms. The number of likely N-dealkylation sites (tertiary alicyclic amines) is 1. The molecule has 0 unspecified atom stereocenters. The molecule has 0 saturated carbocycles. The maximum absolute atomic E-state index is 13.8. The van der Waals surface area contributed by atoms with E-state index >= 15 is 0 Å². The molecule has 0 bridgehead atoms. The van der Waals surface area contributed by atoms with Crippen molar-refractivity contribution < 1.29 is 9.18 Å². The van der Waals surface area contributed by atoms with Crippen molar-refractivity contribution in [2.24, 2.45) is 5.92 Å². The van der Waals surface area contributed by atoms with Crippen LogP contribution in [0, 0.1) is 11.7 Å². The molecule has 1 fully saturated rings. The van der Waals surface area contributed by atoms with Gasteiger partial charge in [0.1, 0.15) is 5.82 Å². The zero-order chi connectivity index (χ0) is 17.1. The van der Waals surface area contributed by atoms with Crippen molar-refractivity contribution in [2.45, 2.75) is 12.5 Å². The number of rotatable bonds is 4. The number of pyridine rings is 1. The predicted molar refractivity (Wildman–Crippen MR) is 91.5 cm³/mol. The summed E-state index contributed by atoms with van der Waals surface area (Å²) in [5.74, 6) is -0.331. The molecule has 126 valence electrons. The molecule has 1 saturated heterocycles. The molecule has 2 aromatic rings. The molecule has 0 aliphatic carbocycles. The van der Waals surface area contributed by atoms with Crippen LogP contribution in [-0.4, -0.2) is 35.9 Å². The minimum Gasteiger partial charge on any atom is -0.352 e. The summed E-state index contributed by atoms with van der Waals surface area (Å²) in [6.07, 6.45) is 4.12. The number of nitrogens with zero attached hydrogens (tertiary/aromatic N) is 2. The Morgan fingerprint density at radius 1 is 1.46 bits per heavy atom. The molecule has 0 spiro atoms. The molecule has 1 aromatic heterocycles. The molecule has 0 radical (unpaired) electrons. The first kappa shape index (κ1) is 16.9. The lowest BCUT2D eigenvalue weighted by Gasteiger charge is -2.26. The summed E-state index contributed by atoms with van der Waals surface area (Å²) in [5.41, 5.74) is 1.43. The van der Waals surface area contributed by atoms with Crippen LogP contribution in [0.4, 0.5) is 4.39 Å². The van der Waals surface area contributed by atoms with Crippen LogP contribution in [0.25, 0.3) is 0 Å². The number of benzene rings is 1. The summed E-state index contributed by atoms with van der Waals surface area (Å²) in [6, 6.07) is 8.46. The van der Waals surface area contributed by atoms with Crippen LogP contribution in [0.15, 0.2) is 42.7 Å². The standard InChI is InChI=1S/C18H19ClFN3O/c1-23-8-6-13(11-22-18(24)14-3-2-7-21-10-14)17(23)12-4-5-15(19)16(20)9-12/h2-5,7,9-10,13,17H,6,8,11H2,1H3,(H,22,24)/t13-,17-/m0/s1. The summed E-state index contributed by atoms with van der Waals surface area (Å²) in [7, 11) is 2.01. The Bertz CT molecular complexity index is 725. The minimum absolute atomic E-state index is 0.0611. The minimum atomic E-state index is -0.410. The van der Waals surface area contributed by atoms with E-state index in [0.29, 0.717) is 12.1 Å². The smallest absolute Gasteiger partial charge is 0.252 e. The number of hydrogen-bond acceptors (Lipinski definition) is 3. The van der Waals surface area contributed by atoms with Gasteiger partial charge in [0.15, 0.2) is 0 Å². The van der Waals surface area contributed by atoms with Crippen LogP contribution in [-0.2, 0) is 0 Å². The second-order valence-electron chi connectivity index (χ2n) is 6.10. The van der Waals surface area contributed by atoms with E-state index in [1.54, 1.807) is 30.6 Å². The van der Waals surface area contributed by atoms with E-state index in [1.807, 2.05) is 13.1 Å². The SMILES string of the molecule is CN1CC[C@@H](CNC(=O)c2cccnc2)[C@@H]1c1ccc(Cl)c(F)c1. The van der Waals surface area contributed by atoms with Crippen LogP contribution in [0.1, 0.15) is 28.4 Å². The molecule has 3 rings (SSSR count). The monoisotopic (exact) mass is 347 g/mol. The maximum atomic E-state index is 13.8. The fraction of sp³-hybridized carbons (Fsp3) is 0.333. The van der Waals surface area contributed by atoms with Crippen molar-refractivity contribution in [3.8, 4) is 0 Å². The average molecular weight is 348 g/mol. The van der Waals surface area contributed by atoms with Crippen molar-refractivity contribution in [1.82, 2.24) is 15.2 Å². The number of carbonyl (C=O) groups excluding carboxylic acids is 1. The second kappa shape index (κ2) is 7.28. The number of aromatic nitrogens is 1. The van der Waals surface area contributed by atoms with Crippen molar-refractivity contribution in [1.29, 1.82) is 0 Å². The molecule has 2 atom stereocenters. The Balaban J connectivity index is 1.70. The molecule has 1 aliphatic heterocycles. The average Bonchev–Trinajstić information content (AvgIpc) is 2.96. The van der Waals surface area contributed by atoms with E-state index in [9.17, 15) is 9.18 Å². The van der Waals surface area contributed by atoms with E-state index in [1.165, 1.54) is 6.07 Å². The Hall–Kier alpha value is -1.98. The van der Waals surface area contributed by atoms with Gasteiger partial charge in [-0.25, -0.2) is 4.39 Å². The quantitative estimate of drug-likeness (QED) is 0.923. The molecule has 6 heteroatoms. The van der Waals surface area contributed by atoms with Crippen LogP contribution in [0.2, 0.25) is 5.02 Å². The third kappa shape index (κ3) is 3.57. The van der Waals surface area contributed by atoms with Crippen LogP contribution >= 0.6 is 11.6 Å². The Kier molecular flexibility index (Phi) is 5.11. The van der Waals surface area contributed by atoms with Crippen LogP contribution in [0.5, 0.6) is 0 Å². The first-order valence-electron chi connectivity index (χ1n) is 7.89. The lowest BCUT2D eigenvalue weighted by molar-refractivity contribution is 0.0943. The fourth-order valence-corrected chi connectivity index (χ4v) is 3.40. The molecule has 1 aliphatic rings. The van der Waals surface area contributed by atoms with Crippen LogP contribution < -0.4 is 5.32 Å². The van der Waals surface area contributed by atoms with Crippen molar-refractivity contribution in [3.63, 3.8) is 0 Å². The fourth-order valence-electron chi connectivity index (χ4n) is 3.29. The number of amides is 1. The highest BCUT2D eigenvalue weighted by Gasteiger charge is 2.33. The highest BCUT2D eigenvalue weighted by atomic mass is 35.5. The summed E-state index contributed by atoms with van der Waals surface area (Å²) in [6.45, 7) is 1.44. The highest BCUT2D eigenvalue weighted by Crippen LogP contribution is 2.36. The third-order valence-corrected chi connectivity index (χ3v) is 4.81. The van der Waals surface area contributed by atoms with Gasteiger partial charge in [-0.2, -0.15) is 0 Å². The highest BCUT2D eigenvalue weighted by molar-refractivity contribution is 6.30. The Morgan fingerprint density at radius 3 is 3.00 bits per heavy atom. The lowest BCUT2D eigenvalue weighted by atomic mass is 9.93. The van der Waals surface area contributed by atoms with E-state index in [-0.39, 0.29) is 22.9 Å². The van der Waals surface area contributed by atoms with E-state index < -0.39 is 5.82 Å². The molecule has 1 N–H and O–H groups in total. The van der Waals surface area contributed by atoms with Crippen molar-refractivity contribution >= 4 is 17.5 Å². The van der Waals surface area contributed by atoms with Gasteiger partial charge in [-0.3, -0.25) is 14.7 Å². The van der Waals surface area contributed by atoms with E-state index in [2.05, 4.69) is 15.2 Å². The number of halogens is 2. The van der Waals surface area contributed by atoms with Gasteiger partial charge in [0.05, 0.1) is 10.6 Å². The first-order valence-corrected chi connectivity index (χ1v) is 8.27. The number of nitrogens with one attached hydrogen (secondary N) is 1. The molecular weight excluding hydrogens is 329 g/mol. The van der Waals surface area contributed by atoms with Gasteiger partial charge in [-0.1, -0.05) is 17.7 Å². The number of carbonyl (C=O) groups is 1. The van der Waals surface area contributed by atoms with Crippen molar-refractivity contribution in [3.05, 3.63) is 64.7 Å². The summed E-state index contributed by atoms with van der Waals surface area (Å²) >= 11 is 5.78. The van der Waals surface area contributed by atoms with Gasteiger partial charge in [0, 0.05) is 25.0 Å². The lowest BCUT2D eigenvalue weighted by Crippen LogP contribution is -2.32. The van der Waals surface area contributed by atoms with Gasteiger partial charge in [-0.15, -0.1) is 0 Å². The van der Waals surface area contributed by atoms with Gasteiger partial charge in [0.2, 0.25) is 0 Å². The van der Waals surface area contributed by atoms with Gasteiger partial charge < -0.3 is 5.32 Å². The number of hydrogen-bond donors (Lipinski definition) is 1. The maximum Gasteiger partial charge on any atom is 0.252 e. The van der Waals surface area contributed by atoms with Gasteiger partial charge in [0.25, 0.3) is 5.91 Å². The topological polar surface area (TPSA) is 45.2 Å². The van der Waals surface area contributed by atoms with E-state index in [0.717, 1.165) is 18.5 Å². The first-order chi connectivity index (χ1) is 11.6. The zero-order valence-corrected chi connectivity index (χ0v) is 14.1. The molecule has 2 heterocycles. The largest absolute Gasteiger partial charge is 0.352 e. The van der Waals surface area contributed by atoms with Gasteiger partial charge >= 0.3 is 0 Å². The normalized spacial score (nSPS) is 21.0. The summed E-state index contributed by atoms with van der Waals surface area (Å²) < 4.78 is 13.8. The molecule has 1 amide bonds. The Morgan fingerprint density at radius 2 is 2.29 bits per heavy atom. The molecule has 1 aromatic carbocycles. The zero-order valence-electron chi connectivity index (χ0n) is 13.4. The molecular formula is C18H19ClFN3O. The summed E-state index contributed by atoms with van der Waals surface area (Å²) in [5, 5.41) is 3.09. The second-order valence-corrected chi connectivity index (χ2v) is 6.51. The molecule has 4 nitrogen and oxygen atoms in total. The van der Waals surface area contributed by atoms with Crippen molar-refractivity contribution in [2.75, 3.05) is 20.1 Å². The van der Waals surface area contributed by atoms with Gasteiger partial charge in [-0.05, 0) is 55.8 Å². The Labute approximate surface area is 145 Å².